The van der Waals surface area contributed by atoms with Crippen molar-refractivity contribution < 1.29 is 4.79 Å². The molecule has 1 amide bonds. The van der Waals surface area contributed by atoms with E-state index in [9.17, 15) is 4.79 Å². The van der Waals surface area contributed by atoms with Crippen molar-refractivity contribution in [3.8, 4) is 0 Å². The smallest absolute Gasteiger partial charge is 0.248 e. The van der Waals surface area contributed by atoms with Gasteiger partial charge in [0.25, 0.3) is 0 Å². The van der Waals surface area contributed by atoms with Gasteiger partial charge >= 0.3 is 0 Å². The van der Waals surface area contributed by atoms with Gasteiger partial charge in [0.15, 0.2) is 5.17 Å². The predicted molar refractivity (Wildman–Crippen MR) is 71.0 cm³/mol. The van der Waals surface area contributed by atoms with Crippen LogP contribution in [0.4, 0.5) is 0 Å². The molecule has 0 saturated heterocycles. The van der Waals surface area contributed by atoms with Crippen molar-refractivity contribution in [3.05, 3.63) is 35.4 Å². The highest BCUT2D eigenvalue weighted by Gasteiger charge is 2.29. The highest BCUT2D eigenvalue weighted by molar-refractivity contribution is 8.13. The zero-order valence-electron chi connectivity index (χ0n) is 9.64. The zero-order valence-corrected chi connectivity index (χ0v) is 10.5. The molecule has 0 radical (unpaired) electrons. The van der Waals surface area contributed by atoms with E-state index < -0.39 is 5.91 Å². The van der Waals surface area contributed by atoms with Crippen LogP contribution < -0.4 is 11.5 Å². The molecule has 1 atom stereocenters. The summed E-state index contributed by atoms with van der Waals surface area (Å²) in [6, 6.07) is 7.26. The summed E-state index contributed by atoms with van der Waals surface area (Å²) in [4.78, 5) is 15.5. The van der Waals surface area contributed by atoms with Crippen LogP contribution in [-0.4, -0.2) is 16.8 Å². The fourth-order valence-electron chi connectivity index (χ4n) is 1.89. The van der Waals surface area contributed by atoms with Gasteiger partial charge in [0, 0.05) is 11.3 Å². The molecule has 1 aliphatic heterocycles. The molecule has 1 aliphatic rings. The van der Waals surface area contributed by atoms with Gasteiger partial charge in [0.1, 0.15) is 0 Å². The standard InChI is InChI=1S/C12H15N3OS/c1-12(6-7-17-11(14)15-12)9-4-2-8(3-5-9)10(13)16/h2-5H,6-7H2,1H3,(H2,13,16)(H2,14,15). The van der Waals surface area contributed by atoms with Crippen molar-refractivity contribution in [2.45, 2.75) is 18.9 Å². The Hall–Kier alpha value is -1.49. The molecule has 1 heterocycles. The van der Waals surface area contributed by atoms with Gasteiger partial charge in [0.2, 0.25) is 5.91 Å². The van der Waals surface area contributed by atoms with E-state index in [2.05, 4.69) is 11.9 Å². The first-order valence-corrected chi connectivity index (χ1v) is 6.38. The molecule has 0 saturated carbocycles. The molecule has 4 N–H and O–H groups in total. The van der Waals surface area contributed by atoms with E-state index in [1.165, 1.54) is 0 Å². The van der Waals surface area contributed by atoms with Gasteiger partial charge in [-0.25, -0.2) is 0 Å². The lowest BCUT2D eigenvalue weighted by molar-refractivity contribution is 0.1000. The fourth-order valence-corrected chi connectivity index (χ4v) is 2.86. The normalized spacial score (nSPS) is 24.2. The molecule has 5 heteroatoms. The van der Waals surface area contributed by atoms with Crippen LogP contribution in [0.3, 0.4) is 0 Å². The Morgan fingerprint density at radius 3 is 2.59 bits per heavy atom. The number of nitrogens with two attached hydrogens (primary N) is 2. The Kier molecular flexibility index (Phi) is 3.11. The first kappa shape index (κ1) is 12.0. The number of amidine groups is 1. The van der Waals surface area contributed by atoms with Crippen LogP contribution in [-0.2, 0) is 5.54 Å². The second-order valence-electron chi connectivity index (χ2n) is 4.26. The minimum absolute atomic E-state index is 0.286. The lowest BCUT2D eigenvalue weighted by Crippen LogP contribution is -2.28. The topological polar surface area (TPSA) is 81.5 Å². The molecule has 0 spiro atoms. The first-order valence-electron chi connectivity index (χ1n) is 5.40. The lowest BCUT2D eigenvalue weighted by Gasteiger charge is -2.29. The summed E-state index contributed by atoms with van der Waals surface area (Å²) in [5.41, 5.74) is 12.3. The van der Waals surface area contributed by atoms with Crippen LogP contribution >= 0.6 is 11.8 Å². The van der Waals surface area contributed by atoms with Gasteiger partial charge in [-0.3, -0.25) is 9.79 Å². The summed E-state index contributed by atoms with van der Waals surface area (Å²) in [5.74, 6) is 0.549. The minimum atomic E-state index is -0.413. The number of rotatable bonds is 2. The third-order valence-corrected chi connectivity index (χ3v) is 3.78. The van der Waals surface area contributed by atoms with Crippen LogP contribution in [0.1, 0.15) is 29.3 Å². The summed E-state index contributed by atoms with van der Waals surface area (Å²) in [7, 11) is 0. The summed E-state index contributed by atoms with van der Waals surface area (Å²) in [6.07, 6.45) is 0.939. The largest absolute Gasteiger partial charge is 0.379 e. The highest BCUT2D eigenvalue weighted by Crippen LogP contribution is 2.34. The molecule has 17 heavy (non-hydrogen) atoms. The van der Waals surface area contributed by atoms with Gasteiger partial charge in [-0.1, -0.05) is 23.9 Å². The summed E-state index contributed by atoms with van der Waals surface area (Å²) in [5, 5.41) is 0.623. The molecular weight excluding hydrogens is 234 g/mol. The Bertz CT molecular complexity index is 469. The molecule has 0 aromatic heterocycles. The number of benzene rings is 1. The van der Waals surface area contributed by atoms with E-state index in [0.717, 1.165) is 17.7 Å². The van der Waals surface area contributed by atoms with Crippen molar-refractivity contribution in [1.82, 2.24) is 0 Å². The van der Waals surface area contributed by atoms with Crippen LogP contribution in [0.2, 0.25) is 0 Å². The van der Waals surface area contributed by atoms with E-state index in [-0.39, 0.29) is 5.54 Å². The number of hydrogen-bond donors (Lipinski definition) is 2. The minimum Gasteiger partial charge on any atom is -0.379 e. The van der Waals surface area contributed by atoms with E-state index >= 15 is 0 Å². The second kappa shape index (κ2) is 4.41. The van der Waals surface area contributed by atoms with Crippen molar-refractivity contribution in [1.29, 1.82) is 0 Å². The maximum absolute atomic E-state index is 11.0. The van der Waals surface area contributed by atoms with E-state index in [4.69, 9.17) is 11.5 Å². The van der Waals surface area contributed by atoms with Gasteiger partial charge in [-0.15, -0.1) is 0 Å². The molecular formula is C12H15N3OS. The monoisotopic (exact) mass is 249 g/mol. The Labute approximate surface area is 104 Å². The van der Waals surface area contributed by atoms with Crippen LogP contribution in [0.5, 0.6) is 0 Å². The Balaban J connectivity index is 2.33. The summed E-state index contributed by atoms with van der Waals surface area (Å²) >= 11 is 1.58. The highest BCUT2D eigenvalue weighted by atomic mass is 32.2. The number of amides is 1. The van der Waals surface area contributed by atoms with Crippen LogP contribution in [0.25, 0.3) is 0 Å². The Morgan fingerprint density at radius 2 is 2.06 bits per heavy atom. The number of hydrogen-bond acceptors (Lipinski definition) is 4. The molecule has 0 bridgehead atoms. The lowest BCUT2D eigenvalue weighted by atomic mass is 9.89. The molecule has 0 aliphatic carbocycles. The third kappa shape index (κ3) is 2.44. The molecule has 1 unspecified atom stereocenters. The maximum atomic E-state index is 11.0. The molecule has 90 valence electrons. The molecule has 0 fully saturated rings. The van der Waals surface area contributed by atoms with E-state index in [1.54, 1.807) is 23.9 Å². The van der Waals surface area contributed by atoms with Gasteiger partial charge in [-0.05, 0) is 31.0 Å². The quantitative estimate of drug-likeness (QED) is 0.832. The second-order valence-corrected chi connectivity index (χ2v) is 5.38. The summed E-state index contributed by atoms with van der Waals surface area (Å²) in [6.45, 7) is 2.05. The molecule has 1 aromatic carbocycles. The van der Waals surface area contributed by atoms with Gasteiger partial charge < -0.3 is 11.5 Å². The fraction of sp³-hybridized carbons (Fsp3) is 0.333. The van der Waals surface area contributed by atoms with Crippen molar-refractivity contribution >= 4 is 22.8 Å². The van der Waals surface area contributed by atoms with Crippen molar-refractivity contribution in [3.63, 3.8) is 0 Å². The SMILES string of the molecule is CC1(c2ccc(C(N)=O)cc2)CCSC(N)=N1. The average Bonchev–Trinajstić information content (AvgIpc) is 2.29. The average molecular weight is 249 g/mol. The molecule has 2 rings (SSSR count). The third-order valence-electron chi connectivity index (χ3n) is 2.99. The van der Waals surface area contributed by atoms with E-state index in [1.807, 2.05) is 12.1 Å². The van der Waals surface area contributed by atoms with Crippen LogP contribution in [0, 0.1) is 0 Å². The zero-order chi connectivity index (χ0) is 12.5. The van der Waals surface area contributed by atoms with Gasteiger partial charge in [0.05, 0.1) is 5.54 Å². The number of carbonyl (C=O) groups excluding carboxylic acids is 1. The van der Waals surface area contributed by atoms with Crippen molar-refractivity contribution in [2.75, 3.05) is 5.75 Å². The number of primary amides is 1. The maximum Gasteiger partial charge on any atom is 0.248 e. The molecule has 4 nitrogen and oxygen atoms in total. The molecule has 1 aromatic rings. The number of carbonyl (C=O) groups is 1. The first-order chi connectivity index (χ1) is 8.01. The number of thioether (sulfide) groups is 1. The predicted octanol–water partition coefficient (Wildman–Crippen LogP) is 1.45. The summed E-state index contributed by atoms with van der Waals surface area (Å²) < 4.78 is 0. The van der Waals surface area contributed by atoms with Crippen LogP contribution in [0.15, 0.2) is 29.3 Å². The number of aliphatic imine (C=N–C) groups is 1. The van der Waals surface area contributed by atoms with E-state index in [0.29, 0.717) is 10.7 Å². The number of nitrogens with zero attached hydrogens (tertiary/aromatic N) is 1. The van der Waals surface area contributed by atoms with Gasteiger partial charge in [-0.2, -0.15) is 0 Å². The van der Waals surface area contributed by atoms with Crippen molar-refractivity contribution in [2.24, 2.45) is 16.5 Å². The Morgan fingerprint density at radius 1 is 1.41 bits per heavy atom.